The van der Waals surface area contributed by atoms with E-state index in [1.165, 1.54) is 13.2 Å². The van der Waals surface area contributed by atoms with Crippen LogP contribution in [0.2, 0.25) is 0 Å². The van der Waals surface area contributed by atoms with Crippen molar-refractivity contribution in [2.45, 2.75) is 13.3 Å². The lowest BCUT2D eigenvalue weighted by atomic mass is 10.2. The number of nitriles is 1. The Balaban J connectivity index is 2.51. The summed E-state index contributed by atoms with van der Waals surface area (Å²) < 4.78 is 20.4. The first-order chi connectivity index (χ1) is 9.08. The van der Waals surface area contributed by atoms with E-state index in [4.69, 9.17) is 10.00 Å². The molecule has 1 aromatic heterocycles. The lowest BCUT2D eigenvalue weighted by Gasteiger charge is -2.06. The van der Waals surface area contributed by atoms with Crippen molar-refractivity contribution >= 4 is 0 Å². The number of rotatable bonds is 3. The second kappa shape index (κ2) is 5.11. The van der Waals surface area contributed by atoms with Gasteiger partial charge in [0.2, 0.25) is 0 Å². The lowest BCUT2D eigenvalue weighted by Crippen LogP contribution is -1.99. The zero-order chi connectivity index (χ0) is 14.0. The van der Waals surface area contributed by atoms with Crippen LogP contribution in [0.3, 0.4) is 0 Å². The van der Waals surface area contributed by atoms with Crippen molar-refractivity contribution in [2.75, 3.05) is 7.11 Å². The maximum absolute atomic E-state index is 13.7. The molecule has 0 aliphatic carbocycles. The first-order valence-electron chi connectivity index (χ1n) is 5.81. The van der Waals surface area contributed by atoms with Crippen molar-refractivity contribution in [1.29, 1.82) is 5.26 Å². The van der Waals surface area contributed by atoms with Crippen molar-refractivity contribution in [3.05, 3.63) is 35.4 Å². The molecule has 1 heterocycles. The van der Waals surface area contributed by atoms with E-state index < -0.39 is 5.82 Å². The molecule has 98 valence electrons. The van der Waals surface area contributed by atoms with Gasteiger partial charge >= 0.3 is 0 Å². The van der Waals surface area contributed by atoms with E-state index in [2.05, 4.69) is 11.1 Å². The highest BCUT2D eigenvalue weighted by molar-refractivity contribution is 5.58. The summed E-state index contributed by atoms with van der Waals surface area (Å²) in [6, 6.07) is 6.81. The number of nitrogens with zero attached hydrogens (tertiary/aromatic N) is 3. The number of methoxy groups -OCH3 is 1. The molecule has 0 N–H and O–H groups in total. The first kappa shape index (κ1) is 13.1. The van der Waals surface area contributed by atoms with Gasteiger partial charge in [0.25, 0.3) is 0 Å². The summed E-state index contributed by atoms with van der Waals surface area (Å²) >= 11 is 0. The van der Waals surface area contributed by atoms with E-state index in [0.717, 1.165) is 11.4 Å². The van der Waals surface area contributed by atoms with Crippen LogP contribution >= 0.6 is 0 Å². The Morgan fingerprint density at radius 1 is 1.47 bits per heavy atom. The van der Waals surface area contributed by atoms with E-state index >= 15 is 0 Å². The summed E-state index contributed by atoms with van der Waals surface area (Å²) in [6.07, 6.45) is 0.286. The molecular weight excluding hydrogens is 245 g/mol. The molecule has 0 atom stereocenters. The normalized spacial score (nSPS) is 10.3. The first-order valence-corrected chi connectivity index (χ1v) is 5.81. The molecule has 19 heavy (non-hydrogen) atoms. The Morgan fingerprint density at radius 3 is 2.79 bits per heavy atom. The molecule has 0 saturated carbocycles. The van der Waals surface area contributed by atoms with Crippen molar-refractivity contribution < 1.29 is 9.13 Å². The molecule has 5 heteroatoms. The molecule has 0 fully saturated rings. The number of halogens is 1. The average Bonchev–Trinajstić information content (AvgIpc) is 2.67. The summed E-state index contributed by atoms with van der Waals surface area (Å²) in [5.41, 5.74) is 2.29. The number of aromatic nitrogens is 2. The molecule has 0 aliphatic rings. The van der Waals surface area contributed by atoms with Crippen molar-refractivity contribution in [1.82, 2.24) is 9.55 Å². The Bertz CT molecular complexity index is 655. The minimum absolute atomic E-state index is 0.201. The largest absolute Gasteiger partial charge is 0.494 e. The number of hydrogen-bond acceptors (Lipinski definition) is 3. The highest BCUT2D eigenvalue weighted by atomic mass is 19.1. The van der Waals surface area contributed by atoms with Gasteiger partial charge in [-0.3, -0.25) is 0 Å². The molecule has 1 aromatic carbocycles. The maximum Gasteiger partial charge on any atom is 0.165 e. The van der Waals surface area contributed by atoms with Gasteiger partial charge in [-0.15, -0.1) is 0 Å². The fraction of sp³-hybridized carbons (Fsp3) is 0.286. The SMILES string of the molecule is COc1ccc(-c2nc(C)c(CC#N)n2C)cc1F. The third kappa shape index (κ3) is 2.29. The summed E-state index contributed by atoms with van der Waals surface area (Å²) in [5.74, 6) is 0.415. The Kier molecular flexibility index (Phi) is 3.52. The molecule has 0 unspecified atom stereocenters. The highest BCUT2D eigenvalue weighted by Crippen LogP contribution is 2.26. The number of benzene rings is 1. The fourth-order valence-corrected chi connectivity index (χ4v) is 2.05. The highest BCUT2D eigenvalue weighted by Gasteiger charge is 2.14. The third-order valence-corrected chi connectivity index (χ3v) is 3.07. The fourth-order valence-electron chi connectivity index (χ4n) is 2.05. The zero-order valence-electron chi connectivity index (χ0n) is 11.1. The van der Waals surface area contributed by atoms with Crippen LogP contribution in [0.1, 0.15) is 11.4 Å². The van der Waals surface area contributed by atoms with Crippen molar-refractivity contribution in [2.24, 2.45) is 7.05 Å². The molecule has 0 spiro atoms. The second-order valence-electron chi connectivity index (χ2n) is 4.21. The number of aryl methyl sites for hydroxylation is 1. The summed E-state index contributed by atoms with van der Waals surface area (Å²) in [5, 5.41) is 8.79. The molecule has 4 nitrogen and oxygen atoms in total. The van der Waals surface area contributed by atoms with E-state index in [9.17, 15) is 4.39 Å². The molecule has 0 saturated heterocycles. The molecule has 0 radical (unpaired) electrons. The molecule has 2 aromatic rings. The molecule has 2 rings (SSSR count). The van der Waals surface area contributed by atoms with Gasteiger partial charge < -0.3 is 9.30 Å². The van der Waals surface area contributed by atoms with E-state index in [0.29, 0.717) is 11.4 Å². The quantitative estimate of drug-likeness (QED) is 0.851. The van der Waals surface area contributed by atoms with Gasteiger partial charge in [0, 0.05) is 12.6 Å². The number of ether oxygens (including phenoxy) is 1. The van der Waals surface area contributed by atoms with Crippen molar-refractivity contribution in [3.63, 3.8) is 0 Å². The van der Waals surface area contributed by atoms with Crippen molar-refractivity contribution in [3.8, 4) is 23.2 Å². The minimum atomic E-state index is -0.428. The van der Waals surface area contributed by atoms with Crippen LogP contribution in [0.15, 0.2) is 18.2 Å². The maximum atomic E-state index is 13.7. The minimum Gasteiger partial charge on any atom is -0.494 e. The van der Waals surface area contributed by atoms with Crippen LogP contribution in [0.4, 0.5) is 4.39 Å². The standard InChI is InChI=1S/C14H14FN3O/c1-9-12(6-7-16)18(2)14(17-9)10-4-5-13(19-3)11(15)8-10/h4-5,8H,6H2,1-3H3. The van der Waals surface area contributed by atoms with Gasteiger partial charge in [-0.25, -0.2) is 9.37 Å². The van der Waals surface area contributed by atoms with Crippen LogP contribution < -0.4 is 4.74 Å². The predicted molar refractivity (Wildman–Crippen MR) is 69.2 cm³/mol. The molecule has 0 bridgehead atoms. The second-order valence-corrected chi connectivity index (χ2v) is 4.21. The average molecular weight is 259 g/mol. The summed E-state index contributed by atoms with van der Waals surface area (Å²) in [4.78, 5) is 4.40. The Hall–Kier alpha value is -2.35. The van der Waals surface area contributed by atoms with Crippen LogP contribution in [-0.4, -0.2) is 16.7 Å². The van der Waals surface area contributed by atoms with Gasteiger partial charge in [-0.2, -0.15) is 5.26 Å². The van der Waals surface area contributed by atoms with E-state index in [1.54, 1.807) is 12.1 Å². The van der Waals surface area contributed by atoms with Crippen LogP contribution in [0.25, 0.3) is 11.4 Å². The third-order valence-electron chi connectivity index (χ3n) is 3.07. The lowest BCUT2D eigenvalue weighted by molar-refractivity contribution is 0.386. The van der Waals surface area contributed by atoms with Gasteiger partial charge in [-0.05, 0) is 25.1 Å². The smallest absolute Gasteiger partial charge is 0.165 e. The Morgan fingerprint density at radius 2 is 2.21 bits per heavy atom. The summed E-state index contributed by atoms with van der Waals surface area (Å²) in [7, 11) is 3.25. The van der Waals surface area contributed by atoms with Gasteiger partial charge in [-0.1, -0.05) is 0 Å². The molecule has 0 amide bonds. The summed E-state index contributed by atoms with van der Waals surface area (Å²) in [6.45, 7) is 1.84. The molecular formula is C14H14FN3O. The number of imidazole rings is 1. The molecule has 0 aliphatic heterocycles. The van der Waals surface area contributed by atoms with Gasteiger partial charge in [0.15, 0.2) is 11.6 Å². The Labute approximate surface area is 111 Å². The van der Waals surface area contributed by atoms with E-state index in [1.807, 2.05) is 18.5 Å². The van der Waals surface area contributed by atoms with Gasteiger partial charge in [0.1, 0.15) is 5.82 Å². The van der Waals surface area contributed by atoms with Crippen LogP contribution in [0, 0.1) is 24.1 Å². The zero-order valence-corrected chi connectivity index (χ0v) is 11.1. The topological polar surface area (TPSA) is 50.8 Å². The van der Waals surface area contributed by atoms with Crippen LogP contribution in [-0.2, 0) is 13.5 Å². The predicted octanol–water partition coefficient (Wildman–Crippen LogP) is 2.61. The monoisotopic (exact) mass is 259 g/mol. The number of hydrogen-bond donors (Lipinski definition) is 0. The van der Waals surface area contributed by atoms with Gasteiger partial charge in [0.05, 0.1) is 31.0 Å². The van der Waals surface area contributed by atoms with Crippen LogP contribution in [0.5, 0.6) is 5.75 Å². The van der Waals surface area contributed by atoms with E-state index in [-0.39, 0.29) is 12.2 Å².